The Bertz CT molecular complexity index is 661. The fourth-order valence-electron chi connectivity index (χ4n) is 3.75. The molecule has 2 saturated heterocycles. The summed E-state index contributed by atoms with van der Waals surface area (Å²) >= 11 is 0. The van der Waals surface area contributed by atoms with Gasteiger partial charge in [0.05, 0.1) is 11.9 Å². The largest absolute Gasteiger partial charge is 0.341 e. The van der Waals surface area contributed by atoms with E-state index in [1.54, 1.807) is 0 Å². The lowest BCUT2D eigenvalue weighted by atomic mass is 10.0. The van der Waals surface area contributed by atoms with Crippen LogP contribution in [0.1, 0.15) is 42.1 Å². The van der Waals surface area contributed by atoms with E-state index in [1.807, 2.05) is 18.5 Å². The Morgan fingerprint density at radius 1 is 1.26 bits per heavy atom. The van der Waals surface area contributed by atoms with Crippen LogP contribution in [0.5, 0.6) is 0 Å². The molecule has 0 bridgehead atoms. The summed E-state index contributed by atoms with van der Waals surface area (Å²) in [7, 11) is 0. The maximum Gasteiger partial charge on any atom is 0.225 e. The van der Waals surface area contributed by atoms with Crippen LogP contribution in [-0.4, -0.2) is 51.2 Å². The number of nitrogens with zero attached hydrogens (tertiary/aromatic N) is 5. The van der Waals surface area contributed by atoms with Crippen LogP contribution in [0, 0.1) is 6.92 Å². The van der Waals surface area contributed by atoms with E-state index < -0.39 is 0 Å². The average Bonchev–Trinajstić information content (AvgIpc) is 3.28. The highest BCUT2D eigenvalue weighted by Crippen LogP contribution is 2.28. The van der Waals surface area contributed by atoms with E-state index in [-0.39, 0.29) is 0 Å². The average molecular weight is 312 g/mol. The first kappa shape index (κ1) is 14.6. The van der Waals surface area contributed by atoms with Crippen molar-refractivity contribution in [2.24, 2.45) is 0 Å². The van der Waals surface area contributed by atoms with E-state index in [4.69, 9.17) is 4.98 Å². The molecule has 6 nitrogen and oxygen atoms in total. The van der Waals surface area contributed by atoms with Crippen LogP contribution in [-0.2, 0) is 6.54 Å². The van der Waals surface area contributed by atoms with Crippen LogP contribution >= 0.6 is 0 Å². The quantitative estimate of drug-likeness (QED) is 0.937. The first-order valence-corrected chi connectivity index (χ1v) is 8.58. The number of rotatable bonds is 4. The summed E-state index contributed by atoms with van der Waals surface area (Å²) < 4.78 is 0. The number of nitrogens with one attached hydrogen (secondary N) is 1. The van der Waals surface area contributed by atoms with Crippen molar-refractivity contribution in [3.8, 4) is 0 Å². The molecule has 0 saturated carbocycles. The standard InChI is InChI=1S/C17H24N6/c1-13-10-19-21-16(13)14-5-9-22(11-14)12-15-4-6-18-17(20-15)23-7-2-3-8-23/h4,6,10,14H,2-3,5,7-9,11-12H2,1H3,(H,19,21)/t14-/m0/s1. The number of hydrogen-bond acceptors (Lipinski definition) is 5. The highest BCUT2D eigenvalue weighted by molar-refractivity contribution is 5.31. The molecule has 2 aromatic heterocycles. The van der Waals surface area contributed by atoms with E-state index in [2.05, 4.69) is 31.9 Å². The van der Waals surface area contributed by atoms with Crippen molar-refractivity contribution in [2.75, 3.05) is 31.1 Å². The predicted molar refractivity (Wildman–Crippen MR) is 89.4 cm³/mol. The van der Waals surface area contributed by atoms with Gasteiger partial charge in [0.15, 0.2) is 0 Å². The monoisotopic (exact) mass is 312 g/mol. The van der Waals surface area contributed by atoms with Gasteiger partial charge in [-0.3, -0.25) is 10.00 Å². The predicted octanol–water partition coefficient (Wildman–Crippen LogP) is 2.10. The highest BCUT2D eigenvalue weighted by Gasteiger charge is 2.26. The van der Waals surface area contributed by atoms with E-state index >= 15 is 0 Å². The molecule has 0 radical (unpaired) electrons. The van der Waals surface area contributed by atoms with Crippen LogP contribution in [0.2, 0.25) is 0 Å². The van der Waals surface area contributed by atoms with Crippen LogP contribution in [0.25, 0.3) is 0 Å². The zero-order valence-corrected chi connectivity index (χ0v) is 13.7. The number of aromatic amines is 1. The number of H-pyrrole nitrogens is 1. The van der Waals surface area contributed by atoms with Gasteiger partial charge in [-0.1, -0.05) is 0 Å². The van der Waals surface area contributed by atoms with Gasteiger partial charge in [-0.25, -0.2) is 9.97 Å². The van der Waals surface area contributed by atoms with Crippen LogP contribution in [0.15, 0.2) is 18.5 Å². The molecule has 2 aliphatic rings. The van der Waals surface area contributed by atoms with Gasteiger partial charge in [-0.05, 0) is 44.4 Å². The Hall–Kier alpha value is -1.95. The molecule has 2 aromatic rings. The summed E-state index contributed by atoms with van der Waals surface area (Å²) in [5.74, 6) is 1.47. The molecule has 2 fully saturated rings. The molecule has 0 unspecified atom stereocenters. The minimum atomic E-state index is 0.567. The van der Waals surface area contributed by atoms with Gasteiger partial charge >= 0.3 is 0 Å². The van der Waals surface area contributed by atoms with Crippen molar-refractivity contribution in [1.82, 2.24) is 25.1 Å². The second kappa shape index (κ2) is 6.28. The Kier molecular flexibility index (Phi) is 3.99. The molecular weight excluding hydrogens is 288 g/mol. The minimum absolute atomic E-state index is 0.567. The number of aryl methyl sites for hydroxylation is 1. The summed E-state index contributed by atoms with van der Waals surface area (Å²) in [5, 5.41) is 7.33. The van der Waals surface area contributed by atoms with Gasteiger partial charge < -0.3 is 4.90 Å². The number of likely N-dealkylation sites (tertiary alicyclic amines) is 1. The summed E-state index contributed by atoms with van der Waals surface area (Å²) in [5.41, 5.74) is 3.70. The third-order valence-corrected chi connectivity index (χ3v) is 5.02. The molecule has 2 aliphatic heterocycles. The zero-order valence-electron chi connectivity index (χ0n) is 13.7. The fraction of sp³-hybridized carbons (Fsp3) is 0.588. The number of aromatic nitrogens is 4. The second-order valence-corrected chi connectivity index (χ2v) is 6.73. The lowest BCUT2D eigenvalue weighted by Crippen LogP contribution is -2.23. The van der Waals surface area contributed by atoms with Crippen molar-refractivity contribution >= 4 is 5.95 Å². The Balaban J connectivity index is 1.41. The second-order valence-electron chi connectivity index (χ2n) is 6.73. The van der Waals surface area contributed by atoms with Gasteiger partial charge in [0.25, 0.3) is 0 Å². The minimum Gasteiger partial charge on any atom is -0.341 e. The van der Waals surface area contributed by atoms with Crippen molar-refractivity contribution in [3.63, 3.8) is 0 Å². The Labute approximate surface area is 136 Å². The molecule has 4 heterocycles. The molecule has 0 amide bonds. The maximum absolute atomic E-state index is 4.78. The van der Waals surface area contributed by atoms with Crippen molar-refractivity contribution in [2.45, 2.75) is 38.6 Å². The summed E-state index contributed by atoms with van der Waals surface area (Å²) in [6.45, 7) is 7.42. The lowest BCUT2D eigenvalue weighted by Gasteiger charge is -2.18. The molecule has 1 atom stereocenters. The van der Waals surface area contributed by atoms with Gasteiger partial charge in [0, 0.05) is 44.0 Å². The van der Waals surface area contributed by atoms with Gasteiger partial charge in [0.1, 0.15) is 0 Å². The number of hydrogen-bond donors (Lipinski definition) is 1. The fourth-order valence-corrected chi connectivity index (χ4v) is 3.75. The van der Waals surface area contributed by atoms with E-state index in [0.717, 1.165) is 44.4 Å². The van der Waals surface area contributed by atoms with Crippen molar-refractivity contribution < 1.29 is 0 Å². The van der Waals surface area contributed by atoms with Crippen LogP contribution in [0.3, 0.4) is 0 Å². The first-order chi connectivity index (χ1) is 11.3. The SMILES string of the molecule is Cc1cn[nH]c1[C@H]1CCN(Cc2ccnc(N3CCCC3)n2)C1. The topological polar surface area (TPSA) is 60.9 Å². The summed E-state index contributed by atoms with van der Waals surface area (Å²) in [6.07, 6.45) is 7.52. The van der Waals surface area contributed by atoms with E-state index in [1.165, 1.54) is 30.5 Å². The third kappa shape index (κ3) is 3.08. The maximum atomic E-state index is 4.78. The van der Waals surface area contributed by atoms with Crippen LogP contribution < -0.4 is 4.90 Å². The Morgan fingerprint density at radius 3 is 2.91 bits per heavy atom. The lowest BCUT2D eigenvalue weighted by molar-refractivity contribution is 0.322. The van der Waals surface area contributed by atoms with E-state index in [0.29, 0.717) is 5.92 Å². The highest BCUT2D eigenvalue weighted by atomic mass is 15.3. The van der Waals surface area contributed by atoms with Gasteiger partial charge in [0.2, 0.25) is 5.95 Å². The van der Waals surface area contributed by atoms with Crippen LogP contribution in [0.4, 0.5) is 5.95 Å². The van der Waals surface area contributed by atoms with Gasteiger partial charge in [-0.2, -0.15) is 5.10 Å². The summed E-state index contributed by atoms with van der Waals surface area (Å²) in [4.78, 5) is 14.0. The first-order valence-electron chi connectivity index (χ1n) is 8.58. The Morgan fingerprint density at radius 2 is 2.13 bits per heavy atom. The van der Waals surface area contributed by atoms with Crippen molar-refractivity contribution in [1.29, 1.82) is 0 Å². The molecule has 0 spiro atoms. The zero-order chi connectivity index (χ0) is 15.6. The van der Waals surface area contributed by atoms with E-state index in [9.17, 15) is 0 Å². The molecule has 0 aliphatic carbocycles. The smallest absolute Gasteiger partial charge is 0.225 e. The molecule has 0 aromatic carbocycles. The molecular formula is C17H24N6. The third-order valence-electron chi connectivity index (χ3n) is 5.02. The number of anilines is 1. The van der Waals surface area contributed by atoms with Crippen molar-refractivity contribution in [3.05, 3.63) is 35.4 Å². The molecule has 122 valence electrons. The molecule has 6 heteroatoms. The normalized spacial score (nSPS) is 22.1. The molecule has 23 heavy (non-hydrogen) atoms. The summed E-state index contributed by atoms with van der Waals surface area (Å²) in [6, 6.07) is 2.05. The molecule has 4 rings (SSSR count). The molecule has 1 N–H and O–H groups in total. The van der Waals surface area contributed by atoms with Gasteiger partial charge in [-0.15, -0.1) is 0 Å².